The van der Waals surface area contributed by atoms with E-state index in [1.54, 1.807) is 36.9 Å². The molecular weight excluding hydrogens is 440 g/mol. The number of nitrogens with one attached hydrogen (secondary N) is 2. The molecule has 1 aliphatic rings. The van der Waals surface area contributed by atoms with E-state index in [1.807, 2.05) is 6.07 Å². The number of aromatic nitrogens is 6. The Bertz CT molecular complexity index is 914. The number of anilines is 1. The van der Waals surface area contributed by atoms with Crippen molar-refractivity contribution in [2.24, 2.45) is 0 Å². The van der Waals surface area contributed by atoms with Crippen molar-refractivity contribution in [3.8, 4) is 0 Å². The first-order valence-corrected chi connectivity index (χ1v) is 11.2. The van der Waals surface area contributed by atoms with Crippen molar-refractivity contribution in [3.63, 3.8) is 0 Å². The molecule has 3 aromatic heterocycles. The summed E-state index contributed by atoms with van der Waals surface area (Å²) in [5.74, 6) is 0.374. The van der Waals surface area contributed by atoms with Crippen LogP contribution < -0.4 is 10.6 Å². The van der Waals surface area contributed by atoms with Crippen molar-refractivity contribution >= 4 is 46.8 Å². The quantitative estimate of drug-likeness (QED) is 0.308. The van der Waals surface area contributed by atoms with Crippen LogP contribution in [0.4, 0.5) is 5.95 Å². The van der Waals surface area contributed by atoms with Gasteiger partial charge in [0.1, 0.15) is 10.1 Å². The van der Waals surface area contributed by atoms with E-state index in [4.69, 9.17) is 17.0 Å². The zero-order valence-corrected chi connectivity index (χ0v) is 18.2. The van der Waals surface area contributed by atoms with E-state index in [9.17, 15) is 0 Å². The Morgan fingerprint density at radius 1 is 1.00 bits per heavy atom. The Morgan fingerprint density at radius 2 is 1.60 bits per heavy atom. The van der Waals surface area contributed by atoms with Gasteiger partial charge in [-0.3, -0.25) is 0 Å². The van der Waals surface area contributed by atoms with Crippen LogP contribution in [-0.4, -0.2) is 54.3 Å². The lowest BCUT2D eigenvalue weighted by molar-refractivity contribution is 0.114. The Balaban J connectivity index is 1.49. The van der Waals surface area contributed by atoms with E-state index < -0.39 is 0 Å². The predicted molar refractivity (Wildman–Crippen MR) is 118 cm³/mol. The van der Waals surface area contributed by atoms with Gasteiger partial charge in [0.05, 0.1) is 6.10 Å². The van der Waals surface area contributed by atoms with E-state index in [0.717, 1.165) is 19.4 Å². The first-order valence-electron chi connectivity index (χ1n) is 9.20. The van der Waals surface area contributed by atoms with Gasteiger partial charge in [-0.25, -0.2) is 29.9 Å². The molecule has 1 aliphatic heterocycles. The largest absolute Gasteiger partial charge is 0.376 e. The molecule has 2 N–H and O–H groups in total. The van der Waals surface area contributed by atoms with Crippen LogP contribution in [0, 0.1) is 0 Å². The Labute approximate surface area is 187 Å². The van der Waals surface area contributed by atoms with Gasteiger partial charge in [-0.2, -0.15) is 0 Å². The molecule has 154 valence electrons. The van der Waals surface area contributed by atoms with E-state index in [1.165, 1.54) is 23.5 Å². The van der Waals surface area contributed by atoms with Gasteiger partial charge in [-0.15, -0.1) is 0 Å². The van der Waals surface area contributed by atoms with Crippen LogP contribution in [0.5, 0.6) is 0 Å². The van der Waals surface area contributed by atoms with Crippen LogP contribution in [0.1, 0.15) is 12.8 Å². The molecule has 1 saturated heterocycles. The summed E-state index contributed by atoms with van der Waals surface area (Å²) in [6.07, 6.45) is 9.05. The summed E-state index contributed by atoms with van der Waals surface area (Å²) in [5.41, 5.74) is 0. The molecule has 12 heteroatoms. The Morgan fingerprint density at radius 3 is 2.13 bits per heavy atom. The third-order valence-electron chi connectivity index (χ3n) is 3.89. The van der Waals surface area contributed by atoms with Gasteiger partial charge in [0, 0.05) is 44.0 Å². The first-order chi connectivity index (χ1) is 14.7. The van der Waals surface area contributed by atoms with Crippen molar-refractivity contribution in [1.82, 2.24) is 35.2 Å². The molecule has 0 aliphatic carbocycles. The average molecular weight is 459 g/mol. The molecule has 1 atom stereocenters. The average Bonchev–Trinajstić information content (AvgIpc) is 3.27. The lowest BCUT2D eigenvalue weighted by atomic mass is 10.2. The summed E-state index contributed by atoms with van der Waals surface area (Å²) < 4.78 is 5.61. The molecular formula is C18H18N8OS3. The summed E-state index contributed by atoms with van der Waals surface area (Å²) in [6.45, 7) is 1.45. The molecule has 4 heterocycles. The van der Waals surface area contributed by atoms with E-state index in [2.05, 4.69) is 40.5 Å². The van der Waals surface area contributed by atoms with Crippen molar-refractivity contribution in [1.29, 1.82) is 0 Å². The maximum Gasteiger partial charge on any atom is 0.231 e. The standard InChI is InChI=1S/C18H18N8OS3/c28-16(23-11-12-4-1-9-27-12)26-15-24-13(29-17-19-5-2-6-20-17)10-14(25-15)30-18-21-7-3-8-22-18/h2-3,5-8,10,12H,1,4,9,11H2,(H2,23,24,25,26,28). The van der Waals surface area contributed by atoms with Crippen LogP contribution in [0.15, 0.2) is 63.4 Å². The Kier molecular flexibility index (Phi) is 7.34. The van der Waals surface area contributed by atoms with E-state index in [0.29, 0.717) is 38.0 Å². The van der Waals surface area contributed by atoms with Gasteiger partial charge in [0.25, 0.3) is 0 Å². The van der Waals surface area contributed by atoms with Crippen LogP contribution in [0.3, 0.4) is 0 Å². The number of rotatable bonds is 7. The van der Waals surface area contributed by atoms with Crippen molar-refractivity contribution in [2.75, 3.05) is 18.5 Å². The smallest absolute Gasteiger partial charge is 0.231 e. The molecule has 3 aromatic rings. The zero-order valence-electron chi connectivity index (χ0n) is 15.8. The van der Waals surface area contributed by atoms with Crippen LogP contribution >= 0.6 is 35.7 Å². The minimum atomic E-state index is 0.184. The van der Waals surface area contributed by atoms with Gasteiger partial charge in [0.15, 0.2) is 15.4 Å². The number of nitrogens with zero attached hydrogens (tertiary/aromatic N) is 6. The first kappa shape index (κ1) is 20.8. The molecule has 1 unspecified atom stereocenters. The van der Waals surface area contributed by atoms with E-state index >= 15 is 0 Å². The van der Waals surface area contributed by atoms with Gasteiger partial charge in [-0.05, 0) is 60.7 Å². The third-order valence-corrected chi connectivity index (χ3v) is 5.76. The number of hydrogen-bond donors (Lipinski definition) is 2. The van der Waals surface area contributed by atoms with Crippen LogP contribution in [0.25, 0.3) is 0 Å². The van der Waals surface area contributed by atoms with Gasteiger partial charge in [-0.1, -0.05) is 0 Å². The van der Waals surface area contributed by atoms with Gasteiger partial charge in [0.2, 0.25) is 5.95 Å². The zero-order chi connectivity index (χ0) is 20.6. The molecule has 0 bridgehead atoms. The molecule has 0 spiro atoms. The van der Waals surface area contributed by atoms with E-state index in [-0.39, 0.29) is 6.10 Å². The number of ether oxygens (including phenoxy) is 1. The molecule has 9 nitrogen and oxygen atoms in total. The minimum absolute atomic E-state index is 0.184. The Hall–Kier alpha value is -2.41. The lowest BCUT2D eigenvalue weighted by Gasteiger charge is -2.14. The lowest BCUT2D eigenvalue weighted by Crippen LogP contribution is -2.35. The highest BCUT2D eigenvalue weighted by atomic mass is 32.2. The topological polar surface area (TPSA) is 111 Å². The SMILES string of the molecule is S=C(NCC1CCCO1)Nc1nc(Sc2ncccn2)cc(Sc2ncccn2)n1. The fourth-order valence-corrected chi connectivity index (χ4v) is 4.27. The van der Waals surface area contributed by atoms with Crippen LogP contribution in [-0.2, 0) is 4.74 Å². The molecule has 30 heavy (non-hydrogen) atoms. The number of thiocarbonyl (C=S) groups is 1. The van der Waals surface area contributed by atoms with Gasteiger partial charge >= 0.3 is 0 Å². The molecule has 4 rings (SSSR count). The van der Waals surface area contributed by atoms with Crippen molar-refractivity contribution in [2.45, 2.75) is 39.3 Å². The van der Waals surface area contributed by atoms with Crippen molar-refractivity contribution < 1.29 is 4.74 Å². The summed E-state index contributed by atoms with van der Waals surface area (Å²) in [5, 5.41) is 9.20. The highest BCUT2D eigenvalue weighted by Gasteiger charge is 2.16. The second kappa shape index (κ2) is 10.6. The predicted octanol–water partition coefficient (Wildman–Crippen LogP) is 2.82. The highest BCUT2D eigenvalue weighted by molar-refractivity contribution is 7.99. The van der Waals surface area contributed by atoms with Crippen molar-refractivity contribution in [3.05, 3.63) is 43.0 Å². The van der Waals surface area contributed by atoms with Gasteiger partial charge < -0.3 is 15.4 Å². The fraction of sp³-hybridized carbons (Fsp3) is 0.278. The second-order valence-corrected chi connectivity index (χ2v) is 8.49. The maximum absolute atomic E-state index is 5.61. The molecule has 0 radical (unpaired) electrons. The fourth-order valence-electron chi connectivity index (χ4n) is 2.59. The monoisotopic (exact) mass is 458 g/mol. The normalized spacial score (nSPS) is 15.7. The summed E-state index contributed by atoms with van der Waals surface area (Å²) in [6, 6.07) is 5.38. The molecule has 1 fully saturated rings. The highest BCUT2D eigenvalue weighted by Crippen LogP contribution is 2.29. The maximum atomic E-state index is 5.61. The minimum Gasteiger partial charge on any atom is -0.376 e. The summed E-state index contributed by atoms with van der Waals surface area (Å²) in [4.78, 5) is 26.0. The van der Waals surface area contributed by atoms with Crippen LogP contribution in [0.2, 0.25) is 0 Å². The number of hydrogen-bond acceptors (Lipinski definition) is 10. The molecule has 0 amide bonds. The summed E-state index contributed by atoms with van der Waals surface area (Å²) >= 11 is 8.07. The third kappa shape index (κ3) is 6.29. The molecule has 0 aromatic carbocycles. The molecule has 0 saturated carbocycles. The second-order valence-electron chi connectivity index (χ2n) is 6.10. The summed E-state index contributed by atoms with van der Waals surface area (Å²) in [7, 11) is 0.